The molecule has 1 fully saturated rings. The van der Waals surface area contributed by atoms with Crippen LogP contribution in [0.2, 0.25) is 0 Å². The number of hydrogen-bond acceptors (Lipinski definition) is 10. The van der Waals surface area contributed by atoms with Crippen LogP contribution < -0.4 is 10.2 Å². The van der Waals surface area contributed by atoms with Gasteiger partial charge in [0, 0.05) is 30.4 Å². The summed E-state index contributed by atoms with van der Waals surface area (Å²) in [5, 5.41) is 23.6. The number of aryl methyl sites for hydroxylation is 1. The van der Waals surface area contributed by atoms with E-state index in [-0.39, 0.29) is 5.75 Å². The zero-order valence-electron chi connectivity index (χ0n) is 16.7. The van der Waals surface area contributed by atoms with Crippen LogP contribution in [0.1, 0.15) is 18.5 Å². The lowest BCUT2D eigenvalue weighted by Gasteiger charge is -2.31. The summed E-state index contributed by atoms with van der Waals surface area (Å²) in [6, 6.07) is 4.11. The van der Waals surface area contributed by atoms with Gasteiger partial charge in [0.05, 0.1) is 11.9 Å². The Morgan fingerprint density at radius 2 is 1.83 bits per heavy atom. The summed E-state index contributed by atoms with van der Waals surface area (Å²) in [5.41, 5.74) is 2.94. The van der Waals surface area contributed by atoms with E-state index in [1.165, 1.54) is 11.3 Å². The second-order valence-corrected chi connectivity index (χ2v) is 9.33. The molecular formula is C20H21N7OS2. The van der Waals surface area contributed by atoms with Gasteiger partial charge in [-0.1, -0.05) is 22.7 Å². The molecule has 154 valence electrons. The normalized spacial score (nSPS) is 15.0. The van der Waals surface area contributed by atoms with E-state index in [4.69, 9.17) is 9.97 Å². The minimum absolute atomic E-state index is 0.0930. The topological polar surface area (TPSA) is 100.0 Å². The predicted octanol–water partition coefficient (Wildman–Crippen LogP) is 3.47. The minimum Gasteiger partial charge on any atom is -0.506 e. The maximum absolute atomic E-state index is 10.6. The number of nitrogens with zero attached hydrogens (tertiary/aromatic N) is 6. The monoisotopic (exact) mass is 439 g/mol. The number of aromatic hydroxyl groups is 1. The summed E-state index contributed by atoms with van der Waals surface area (Å²) in [6.07, 6.45) is 5.63. The Balaban J connectivity index is 1.41. The van der Waals surface area contributed by atoms with Crippen LogP contribution in [0.3, 0.4) is 0 Å². The molecule has 5 rings (SSSR count). The molecule has 0 saturated carbocycles. The van der Waals surface area contributed by atoms with Gasteiger partial charge in [-0.15, -0.1) is 0 Å². The second-order valence-electron chi connectivity index (χ2n) is 7.40. The van der Waals surface area contributed by atoms with E-state index in [1.54, 1.807) is 29.8 Å². The summed E-state index contributed by atoms with van der Waals surface area (Å²) >= 11 is 3.05. The van der Waals surface area contributed by atoms with Crippen molar-refractivity contribution < 1.29 is 5.11 Å². The van der Waals surface area contributed by atoms with Crippen molar-refractivity contribution in [2.24, 2.45) is 0 Å². The van der Waals surface area contributed by atoms with Crippen LogP contribution >= 0.6 is 22.7 Å². The zero-order chi connectivity index (χ0) is 20.7. The highest BCUT2D eigenvalue weighted by Gasteiger charge is 2.22. The average Bonchev–Trinajstić information content (AvgIpc) is 3.33. The number of anilines is 1. The molecule has 0 amide bonds. The molecule has 4 aromatic heterocycles. The van der Waals surface area contributed by atoms with E-state index in [1.807, 2.05) is 13.0 Å². The van der Waals surface area contributed by atoms with Crippen LogP contribution in [0.15, 0.2) is 24.5 Å². The quantitative estimate of drug-likeness (QED) is 0.499. The lowest BCUT2D eigenvalue weighted by Crippen LogP contribution is -2.41. The maximum atomic E-state index is 10.6. The van der Waals surface area contributed by atoms with Crippen molar-refractivity contribution >= 4 is 37.5 Å². The smallest absolute Gasteiger partial charge is 0.188 e. The van der Waals surface area contributed by atoms with Gasteiger partial charge in [0.15, 0.2) is 14.8 Å². The molecule has 0 bridgehead atoms. The number of rotatable bonds is 4. The van der Waals surface area contributed by atoms with Crippen LogP contribution in [-0.2, 0) is 0 Å². The number of hydrogen-bond donors (Lipinski definition) is 2. The van der Waals surface area contributed by atoms with Crippen molar-refractivity contribution in [3.05, 3.63) is 30.2 Å². The molecule has 0 spiro atoms. The Hall–Kier alpha value is -2.69. The highest BCUT2D eigenvalue weighted by molar-refractivity contribution is 7.29. The molecule has 1 saturated heterocycles. The molecule has 1 aliphatic heterocycles. The first-order valence-electron chi connectivity index (χ1n) is 9.78. The molecule has 4 aromatic rings. The third-order valence-corrected chi connectivity index (χ3v) is 7.43. The van der Waals surface area contributed by atoms with Crippen LogP contribution in [-0.4, -0.2) is 56.4 Å². The van der Waals surface area contributed by atoms with E-state index in [9.17, 15) is 5.11 Å². The van der Waals surface area contributed by atoms with Crippen molar-refractivity contribution in [2.75, 3.05) is 25.0 Å². The molecule has 1 aliphatic rings. The van der Waals surface area contributed by atoms with Gasteiger partial charge in [0.25, 0.3) is 0 Å². The molecular weight excluding hydrogens is 418 g/mol. The van der Waals surface area contributed by atoms with Crippen molar-refractivity contribution in [1.82, 2.24) is 30.5 Å². The highest BCUT2D eigenvalue weighted by Crippen LogP contribution is 2.39. The van der Waals surface area contributed by atoms with Crippen LogP contribution in [0.4, 0.5) is 5.13 Å². The van der Waals surface area contributed by atoms with E-state index in [2.05, 4.69) is 32.4 Å². The highest BCUT2D eigenvalue weighted by atomic mass is 32.1. The standard InChI is InChI=1S/C20H21N7OS2/c1-11-7-12(10-23-26-11)13-8-15(28)16(22-9-13)17-24-18-19(29-17)25-20(30-18)27(2)14-3-5-21-6-4-14/h7-10,14,21,28H,3-6H2,1-2H3. The summed E-state index contributed by atoms with van der Waals surface area (Å²) < 4.78 is 0. The van der Waals surface area contributed by atoms with Gasteiger partial charge in [-0.3, -0.25) is 0 Å². The molecule has 0 aliphatic carbocycles. The Morgan fingerprint density at radius 1 is 1.07 bits per heavy atom. The third-order valence-electron chi connectivity index (χ3n) is 5.30. The third kappa shape index (κ3) is 3.62. The van der Waals surface area contributed by atoms with Crippen molar-refractivity contribution in [2.45, 2.75) is 25.8 Å². The number of aromatic nitrogens is 5. The number of nitrogens with one attached hydrogen (secondary N) is 1. The lowest BCUT2D eigenvalue weighted by molar-refractivity contribution is 0.443. The van der Waals surface area contributed by atoms with Crippen LogP contribution in [0.25, 0.3) is 31.5 Å². The van der Waals surface area contributed by atoms with E-state index >= 15 is 0 Å². The first-order valence-corrected chi connectivity index (χ1v) is 11.4. The number of piperidine rings is 1. The van der Waals surface area contributed by atoms with Crippen LogP contribution in [0.5, 0.6) is 5.75 Å². The average molecular weight is 440 g/mol. The fourth-order valence-electron chi connectivity index (χ4n) is 3.64. The Kier molecular flexibility index (Phi) is 5.05. The number of fused-ring (bicyclic) bond motifs is 1. The van der Waals surface area contributed by atoms with Gasteiger partial charge >= 0.3 is 0 Å². The maximum Gasteiger partial charge on any atom is 0.188 e. The Morgan fingerprint density at radius 3 is 2.57 bits per heavy atom. The molecule has 0 unspecified atom stereocenters. The van der Waals surface area contributed by atoms with Gasteiger partial charge in [-0.25, -0.2) is 15.0 Å². The molecule has 0 aromatic carbocycles. The van der Waals surface area contributed by atoms with Gasteiger partial charge in [-0.05, 0) is 45.0 Å². The van der Waals surface area contributed by atoms with Crippen LogP contribution in [0, 0.1) is 6.92 Å². The largest absolute Gasteiger partial charge is 0.506 e. The van der Waals surface area contributed by atoms with Crippen molar-refractivity contribution in [1.29, 1.82) is 0 Å². The van der Waals surface area contributed by atoms with E-state index in [0.29, 0.717) is 16.7 Å². The fraction of sp³-hybridized carbons (Fsp3) is 0.350. The van der Waals surface area contributed by atoms with Gasteiger partial charge < -0.3 is 15.3 Å². The summed E-state index contributed by atoms with van der Waals surface area (Å²) in [7, 11) is 2.11. The molecule has 10 heteroatoms. The van der Waals surface area contributed by atoms with Crippen molar-refractivity contribution in [3.8, 4) is 27.6 Å². The first-order chi connectivity index (χ1) is 14.6. The minimum atomic E-state index is 0.0930. The molecule has 30 heavy (non-hydrogen) atoms. The summed E-state index contributed by atoms with van der Waals surface area (Å²) in [5.74, 6) is 0.0930. The second kappa shape index (κ2) is 7.86. The molecule has 8 nitrogen and oxygen atoms in total. The van der Waals surface area contributed by atoms with Crippen molar-refractivity contribution in [3.63, 3.8) is 0 Å². The molecule has 5 heterocycles. The van der Waals surface area contributed by atoms with Gasteiger partial charge in [-0.2, -0.15) is 10.2 Å². The van der Waals surface area contributed by atoms with E-state index < -0.39 is 0 Å². The molecule has 2 N–H and O–H groups in total. The predicted molar refractivity (Wildman–Crippen MR) is 120 cm³/mol. The molecule has 0 radical (unpaired) electrons. The summed E-state index contributed by atoms with van der Waals surface area (Å²) in [4.78, 5) is 18.0. The number of pyridine rings is 1. The number of thiazole rings is 2. The van der Waals surface area contributed by atoms with Gasteiger partial charge in [0.1, 0.15) is 16.5 Å². The zero-order valence-corrected chi connectivity index (χ0v) is 18.3. The fourth-order valence-corrected chi connectivity index (χ4v) is 5.72. The first kappa shape index (κ1) is 19.3. The van der Waals surface area contributed by atoms with Gasteiger partial charge in [0.2, 0.25) is 0 Å². The lowest BCUT2D eigenvalue weighted by atomic mass is 10.1. The molecule has 0 atom stereocenters. The Bertz CT molecular complexity index is 1170. The Labute approximate surface area is 181 Å². The summed E-state index contributed by atoms with van der Waals surface area (Å²) in [6.45, 7) is 3.98. The SMILES string of the molecule is Cc1cc(-c2cnc(-c3nc4sc(N(C)C5CCNCC5)nc4s3)c(O)c2)cnn1. The van der Waals surface area contributed by atoms with E-state index in [0.717, 1.165) is 57.5 Å².